The van der Waals surface area contributed by atoms with E-state index in [4.69, 9.17) is 0 Å². The van der Waals surface area contributed by atoms with Gasteiger partial charge in [-0.1, -0.05) is 24.1 Å². The van der Waals surface area contributed by atoms with Crippen molar-refractivity contribution in [1.82, 2.24) is 10.2 Å². The molecule has 0 radical (unpaired) electrons. The molecule has 114 valence electrons. The first-order chi connectivity index (χ1) is 10.2. The number of aryl methyl sites for hydroxylation is 1. The van der Waals surface area contributed by atoms with Crippen molar-refractivity contribution in [3.63, 3.8) is 0 Å². The fraction of sp³-hybridized carbons (Fsp3) is 0.529. The van der Waals surface area contributed by atoms with Crippen molar-refractivity contribution in [3.05, 3.63) is 35.4 Å². The average molecular weight is 288 g/mol. The van der Waals surface area contributed by atoms with Crippen LogP contribution in [0.4, 0.5) is 0 Å². The summed E-state index contributed by atoms with van der Waals surface area (Å²) in [7, 11) is 0. The summed E-state index contributed by atoms with van der Waals surface area (Å²) >= 11 is 0. The molecular weight excluding hydrogens is 264 g/mol. The van der Waals surface area contributed by atoms with Crippen LogP contribution in [0.1, 0.15) is 48.0 Å². The molecule has 4 nitrogen and oxygen atoms in total. The number of amides is 2. The van der Waals surface area contributed by atoms with Crippen LogP contribution < -0.4 is 5.32 Å². The van der Waals surface area contributed by atoms with Crippen molar-refractivity contribution in [2.75, 3.05) is 19.6 Å². The summed E-state index contributed by atoms with van der Waals surface area (Å²) in [5.74, 6) is 0.217. The van der Waals surface area contributed by atoms with Crippen LogP contribution in [0.2, 0.25) is 0 Å². The first-order valence-corrected chi connectivity index (χ1v) is 7.79. The predicted octanol–water partition coefficient (Wildman–Crippen LogP) is 2.52. The largest absolute Gasteiger partial charge is 0.352 e. The highest BCUT2D eigenvalue weighted by Crippen LogP contribution is 2.11. The van der Waals surface area contributed by atoms with Crippen molar-refractivity contribution in [2.45, 2.75) is 39.0 Å². The van der Waals surface area contributed by atoms with Crippen LogP contribution in [0.3, 0.4) is 0 Å². The molecule has 1 aromatic carbocycles. The first kappa shape index (κ1) is 15.5. The van der Waals surface area contributed by atoms with Crippen LogP contribution in [0.5, 0.6) is 0 Å². The minimum absolute atomic E-state index is 0.0443. The third kappa shape index (κ3) is 4.88. The van der Waals surface area contributed by atoms with Gasteiger partial charge in [0.25, 0.3) is 5.91 Å². The number of nitrogens with one attached hydrogen (secondary N) is 1. The van der Waals surface area contributed by atoms with Crippen LogP contribution in [0.15, 0.2) is 24.3 Å². The van der Waals surface area contributed by atoms with E-state index in [-0.39, 0.29) is 11.8 Å². The Kier molecular flexibility index (Phi) is 5.78. The van der Waals surface area contributed by atoms with Gasteiger partial charge in [0.2, 0.25) is 5.91 Å². The molecule has 0 aliphatic carbocycles. The van der Waals surface area contributed by atoms with E-state index < -0.39 is 0 Å². The second kappa shape index (κ2) is 7.81. The number of rotatable bonds is 5. The molecule has 1 aromatic rings. The van der Waals surface area contributed by atoms with Crippen LogP contribution in [0, 0.1) is 6.92 Å². The Labute approximate surface area is 126 Å². The first-order valence-electron chi connectivity index (χ1n) is 7.79. The molecule has 0 aromatic heterocycles. The number of carbonyl (C=O) groups is 2. The lowest BCUT2D eigenvalue weighted by Gasteiger charge is -2.20. The van der Waals surface area contributed by atoms with Crippen LogP contribution >= 0.6 is 0 Å². The molecule has 1 aliphatic heterocycles. The van der Waals surface area contributed by atoms with E-state index >= 15 is 0 Å². The second-order valence-corrected chi connectivity index (χ2v) is 5.67. The number of carbonyl (C=O) groups excluding carboxylic acids is 2. The van der Waals surface area contributed by atoms with Crippen molar-refractivity contribution < 1.29 is 9.59 Å². The summed E-state index contributed by atoms with van der Waals surface area (Å²) < 4.78 is 0. The Morgan fingerprint density at radius 1 is 1.19 bits per heavy atom. The quantitative estimate of drug-likeness (QED) is 0.846. The zero-order valence-electron chi connectivity index (χ0n) is 12.7. The van der Waals surface area contributed by atoms with E-state index in [2.05, 4.69) is 5.32 Å². The Balaban J connectivity index is 1.70. The van der Waals surface area contributed by atoms with Gasteiger partial charge in [-0.15, -0.1) is 0 Å². The van der Waals surface area contributed by atoms with Crippen molar-refractivity contribution in [1.29, 1.82) is 0 Å². The molecule has 2 amide bonds. The Hall–Kier alpha value is -1.84. The monoisotopic (exact) mass is 288 g/mol. The molecular formula is C17H24N2O2. The van der Waals surface area contributed by atoms with Gasteiger partial charge in [-0.25, -0.2) is 0 Å². The third-order valence-electron chi connectivity index (χ3n) is 3.88. The summed E-state index contributed by atoms with van der Waals surface area (Å²) in [6.07, 6.45) is 4.74. The standard InChI is InChI=1S/C17H24N2O2/c1-14-7-9-15(10-8-14)17(21)18-11-5-13-19-12-4-2-3-6-16(19)20/h7-10H,2-6,11-13H2,1H3,(H,18,21). The molecule has 0 saturated carbocycles. The molecule has 21 heavy (non-hydrogen) atoms. The number of nitrogens with zero attached hydrogens (tertiary/aromatic N) is 1. The van der Waals surface area contributed by atoms with Gasteiger partial charge in [0.1, 0.15) is 0 Å². The normalized spacial score (nSPS) is 15.7. The SMILES string of the molecule is Cc1ccc(C(=O)NCCCN2CCCCCC2=O)cc1. The summed E-state index contributed by atoms with van der Waals surface area (Å²) in [6.45, 7) is 4.22. The summed E-state index contributed by atoms with van der Waals surface area (Å²) in [5.41, 5.74) is 1.83. The molecule has 1 N–H and O–H groups in total. The second-order valence-electron chi connectivity index (χ2n) is 5.67. The smallest absolute Gasteiger partial charge is 0.251 e. The van der Waals surface area contributed by atoms with E-state index in [0.717, 1.165) is 44.3 Å². The molecule has 0 spiro atoms. The lowest BCUT2D eigenvalue weighted by atomic mass is 10.1. The minimum atomic E-state index is -0.0443. The molecule has 2 rings (SSSR count). The van der Waals surface area contributed by atoms with Gasteiger partial charge in [-0.2, -0.15) is 0 Å². The van der Waals surface area contributed by atoms with E-state index in [1.165, 1.54) is 0 Å². The van der Waals surface area contributed by atoms with Gasteiger partial charge in [0, 0.05) is 31.6 Å². The summed E-state index contributed by atoms with van der Waals surface area (Å²) in [4.78, 5) is 25.7. The Bertz CT molecular complexity index is 482. The van der Waals surface area contributed by atoms with Crippen molar-refractivity contribution in [3.8, 4) is 0 Å². The highest BCUT2D eigenvalue weighted by atomic mass is 16.2. The molecule has 4 heteroatoms. The van der Waals surface area contributed by atoms with E-state index in [9.17, 15) is 9.59 Å². The van der Waals surface area contributed by atoms with Crippen LogP contribution in [-0.4, -0.2) is 36.3 Å². The highest BCUT2D eigenvalue weighted by Gasteiger charge is 2.15. The van der Waals surface area contributed by atoms with Gasteiger partial charge in [0.05, 0.1) is 0 Å². The molecule has 1 saturated heterocycles. The zero-order chi connectivity index (χ0) is 15.1. The molecule has 1 heterocycles. The molecule has 1 fully saturated rings. The molecule has 0 atom stereocenters. The predicted molar refractivity (Wildman–Crippen MR) is 83.2 cm³/mol. The average Bonchev–Trinajstić information content (AvgIpc) is 2.69. The number of hydrogen-bond acceptors (Lipinski definition) is 2. The van der Waals surface area contributed by atoms with Gasteiger partial charge >= 0.3 is 0 Å². The third-order valence-corrected chi connectivity index (χ3v) is 3.88. The lowest BCUT2D eigenvalue weighted by molar-refractivity contribution is -0.130. The maximum atomic E-state index is 11.9. The molecule has 0 bridgehead atoms. The Morgan fingerprint density at radius 3 is 2.71 bits per heavy atom. The van der Waals surface area contributed by atoms with E-state index in [1.807, 2.05) is 36.1 Å². The zero-order valence-corrected chi connectivity index (χ0v) is 12.7. The number of benzene rings is 1. The summed E-state index contributed by atoms with van der Waals surface area (Å²) in [5, 5.41) is 2.91. The Morgan fingerprint density at radius 2 is 1.95 bits per heavy atom. The fourth-order valence-electron chi connectivity index (χ4n) is 2.55. The topological polar surface area (TPSA) is 49.4 Å². The van der Waals surface area contributed by atoms with Gasteiger partial charge in [-0.3, -0.25) is 9.59 Å². The van der Waals surface area contributed by atoms with Gasteiger partial charge in [-0.05, 0) is 38.3 Å². The maximum absolute atomic E-state index is 11.9. The van der Waals surface area contributed by atoms with E-state index in [0.29, 0.717) is 18.5 Å². The van der Waals surface area contributed by atoms with Gasteiger partial charge < -0.3 is 10.2 Å². The maximum Gasteiger partial charge on any atom is 0.251 e. The van der Waals surface area contributed by atoms with Gasteiger partial charge in [0.15, 0.2) is 0 Å². The van der Waals surface area contributed by atoms with Crippen LogP contribution in [-0.2, 0) is 4.79 Å². The van der Waals surface area contributed by atoms with Crippen LogP contribution in [0.25, 0.3) is 0 Å². The van der Waals surface area contributed by atoms with Crippen molar-refractivity contribution >= 4 is 11.8 Å². The molecule has 0 unspecified atom stereocenters. The number of likely N-dealkylation sites (tertiary alicyclic amines) is 1. The number of hydrogen-bond donors (Lipinski definition) is 1. The molecule has 1 aliphatic rings. The lowest BCUT2D eigenvalue weighted by Crippen LogP contribution is -2.34. The van der Waals surface area contributed by atoms with Crippen molar-refractivity contribution in [2.24, 2.45) is 0 Å². The summed E-state index contributed by atoms with van der Waals surface area (Å²) in [6, 6.07) is 7.54. The van der Waals surface area contributed by atoms with E-state index in [1.54, 1.807) is 0 Å². The fourth-order valence-corrected chi connectivity index (χ4v) is 2.55. The minimum Gasteiger partial charge on any atom is -0.352 e. The highest BCUT2D eigenvalue weighted by molar-refractivity contribution is 5.94.